The largest absolute Gasteiger partial charge is 0.496 e. The molecular formula is C24H31N7O2. The number of hydrazine groups is 1. The molecule has 0 fully saturated rings. The first kappa shape index (κ1) is 23.9. The first-order valence-electron chi connectivity index (χ1n) is 10.8. The molecule has 0 atom stereocenters. The van der Waals surface area contributed by atoms with Crippen molar-refractivity contribution in [2.24, 2.45) is 5.84 Å². The number of nitrogens with two attached hydrogens (primary N) is 1. The minimum atomic E-state index is -0.374. The van der Waals surface area contributed by atoms with Crippen molar-refractivity contribution in [2.45, 2.75) is 46.7 Å². The van der Waals surface area contributed by atoms with Gasteiger partial charge in [0.15, 0.2) is 5.84 Å². The second-order valence-corrected chi connectivity index (χ2v) is 8.35. The Kier molecular flexibility index (Phi) is 7.13. The second-order valence-electron chi connectivity index (χ2n) is 8.35. The van der Waals surface area contributed by atoms with E-state index in [1.165, 1.54) is 12.1 Å². The van der Waals surface area contributed by atoms with Gasteiger partial charge >= 0.3 is 0 Å². The third-order valence-electron chi connectivity index (χ3n) is 5.25. The number of ether oxygens (including phenoxy) is 1. The molecule has 3 aromatic rings. The molecule has 1 aromatic carbocycles. The predicted molar refractivity (Wildman–Crippen MR) is 130 cm³/mol. The van der Waals surface area contributed by atoms with Gasteiger partial charge in [0.1, 0.15) is 17.3 Å². The number of aryl methyl sites for hydroxylation is 1. The van der Waals surface area contributed by atoms with Crippen LogP contribution in [0.15, 0.2) is 42.6 Å². The summed E-state index contributed by atoms with van der Waals surface area (Å²) >= 11 is 0. The topological polar surface area (TPSA) is 122 Å². The van der Waals surface area contributed by atoms with Crippen LogP contribution in [0, 0.1) is 12.3 Å². The molecule has 0 saturated carbocycles. The Labute approximate surface area is 194 Å². The molecule has 1 amide bonds. The van der Waals surface area contributed by atoms with Gasteiger partial charge in [-0.25, -0.2) is 10.8 Å². The fourth-order valence-corrected chi connectivity index (χ4v) is 3.28. The zero-order chi connectivity index (χ0) is 24.3. The molecule has 3 rings (SSSR count). The first-order chi connectivity index (χ1) is 15.6. The van der Waals surface area contributed by atoms with Crippen LogP contribution in [0.3, 0.4) is 0 Å². The molecule has 0 radical (unpaired) electrons. The molecule has 33 heavy (non-hydrogen) atoms. The number of hydrogen-bond acceptors (Lipinski definition) is 6. The van der Waals surface area contributed by atoms with E-state index >= 15 is 0 Å². The lowest BCUT2D eigenvalue weighted by atomic mass is 10.0. The monoisotopic (exact) mass is 449 g/mol. The van der Waals surface area contributed by atoms with Crippen molar-refractivity contribution in [3.8, 4) is 17.0 Å². The van der Waals surface area contributed by atoms with Crippen LogP contribution in [-0.2, 0) is 0 Å². The van der Waals surface area contributed by atoms with Gasteiger partial charge in [-0.15, -0.1) is 0 Å². The van der Waals surface area contributed by atoms with Crippen LogP contribution in [-0.4, -0.2) is 44.7 Å². The van der Waals surface area contributed by atoms with Crippen molar-refractivity contribution >= 4 is 17.6 Å². The summed E-state index contributed by atoms with van der Waals surface area (Å²) in [6, 6.07) is 10.8. The fourth-order valence-electron chi connectivity index (χ4n) is 3.28. The summed E-state index contributed by atoms with van der Waals surface area (Å²) in [5, 5.41) is 17.0. The van der Waals surface area contributed by atoms with Crippen molar-refractivity contribution in [1.29, 1.82) is 5.41 Å². The zero-order valence-corrected chi connectivity index (χ0v) is 19.9. The maximum absolute atomic E-state index is 13.2. The van der Waals surface area contributed by atoms with Gasteiger partial charge in [0.2, 0.25) is 0 Å². The number of amides is 1. The Morgan fingerprint density at radius 2 is 1.94 bits per heavy atom. The highest BCUT2D eigenvalue weighted by Gasteiger charge is 2.19. The van der Waals surface area contributed by atoms with Gasteiger partial charge in [0.25, 0.3) is 5.91 Å². The Morgan fingerprint density at radius 1 is 1.21 bits per heavy atom. The lowest BCUT2D eigenvalue weighted by molar-refractivity contribution is 0.102. The van der Waals surface area contributed by atoms with E-state index in [4.69, 9.17) is 16.0 Å². The standard InChI is InChI=1S/C24H31N7O2/c1-14(2)30-11-10-19(29-30)17-13-18(21(33-6)12-16(17)5)24(32)28-22-9-7-8-20(27-22)23(25)31(26)15(3)4/h7-15,25H,26H2,1-6H3,(H,27,28,32). The number of hydrogen-bond donors (Lipinski definition) is 3. The number of anilines is 1. The number of rotatable bonds is 7. The molecule has 9 heteroatoms. The number of carbonyl (C=O) groups excluding carboxylic acids is 1. The Hall–Kier alpha value is -3.72. The number of nitrogens with one attached hydrogen (secondary N) is 2. The number of amidine groups is 1. The summed E-state index contributed by atoms with van der Waals surface area (Å²) in [5.41, 5.74) is 3.30. The number of aromatic nitrogens is 3. The van der Waals surface area contributed by atoms with Crippen molar-refractivity contribution in [2.75, 3.05) is 12.4 Å². The smallest absolute Gasteiger partial charge is 0.260 e. The molecule has 2 heterocycles. The minimum Gasteiger partial charge on any atom is -0.496 e. The third kappa shape index (κ3) is 5.20. The van der Waals surface area contributed by atoms with Crippen molar-refractivity contribution in [3.63, 3.8) is 0 Å². The molecule has 0 spiro atoms. The quantitative estimate of drug-likeness (QED) is 0.217. The van der Waals surface area contributed by atoms with E-state index in [-0.39, 0.29) is 23.8 Å². The molecule has 4 N–H and O–H groups in total. The average molecular weight is 450 g/mol. The molecule has 0 aliphatic carbocycles. The lowest BCUT2D eigenvalue weighted by Gasteiger charge is -2.23. The van der Waals surface area contributed by atoms with Crippen molar-refractivity contribution in [3.05, 3.63) is 59.4 Å². The van der Waals surface area contributed by atoms with E-state index in [1.54, 1.807) is 24.3 Å². The highest BCUT2D eigenvalue weighted by atomic mass is 16.5. The molecule has 2 aromatic heterocycles. The average Bonchev–Trinajstić information content (AvgIpc) is 3.28. The summed E-state index contributed by atoms with van der Waals surface area (Å²) in [6.45, 7) is 9.83. The fraction of sp³-hybridized carbons (Fsp3) is 0.333. The van der Waals surface area contributed by atoms with Gasteiger partial charge in [0, 0.05) is 23.8 Å². The molecule has 0 saturated heterocycles. The second kappa shape index (κ2) is 9.83. The molecule has 9 nitrogen and oxygen atoms in total. The SMILES string of the molecule is COc1cc(C)c(-c2ccn(C(C)C)n2)cc1C(=O)Nc1cccc(C(=N)N(N)C(C)C)n1. The first-order valence-corrected chi connectivity index (χ1v) is 10.8. The van der Waals surface area contributed by atoms with Gasteiger partial charge in [-0.3, -0.25) is 19.9 Å². The van der Waals surface area contributed by atoms with Crippen LogP contribution >= 0.6 is 0 Å². The molecular weight excluding hydrogens is 418 g/mol. The van der Waals surface area contributed by atoms with E-state index < -0.39 is 0 Å². The number of benzene rings is 1. The number of nitrogens with zero attached hydrogens (tertiary/aromatic N) is 4. The summed E-state index contributed by atoms with van der Waals surface area (Å²) in [6.07, 6.45) is 1.92. The lowest BCUT2D eigenvalue weighted by Crippen LogP contribution is -2.43. The minimum absolute atomic E-state index is 0.0630. The van der Waals surface area contributed by atoms with Crippen LogP contribution in [0.1, 0.15) is 55.4 Å². The maximum atomic E-state index is 13.2. The van der Waals surface area contributed by atoms with E-state index in [2.05, 4.69) is 29.2 Å². The van der Waals surface area contributed by atoms with Crippen LogP contribution in [0.2, 0.25) is 0 Å². The molecule has 0 unspecified atom stereocenters. The van der Waals surface area contributed by atoms with Gasteiger partial charge in [0.05, 0.1) is 18.4 Å². The number of methoxy groups -OCH3 is 1. The molecule has 0 aliphatic rings. The summed E-state index contributed by atoms with van der Waals surface area (Å²) in [4.78, 5) is 17.6. The highest BCUT2D eigenvalue weighted by molar-refractivity contribution is 6.07. The van der Waals surface area contributed by atoms with Crippen LogP contribution in [0.4, 0.5) is 5.82 Å². The van der Waals surface area contributed by atoms with Crippen LogP contribution in [0.5, 0.6) is 5.75 Å². The molecule has 174 valence electrons. The van der Waals surface area contributed by atoms with Crippen molar-refractivity contribution < 1.29 is 9.53 Å². The number of pyridine rings is 1. The van der Waals surface area contributed by atoms with Gasteiger partial charge < -0.3 is 10.1 Å². The Bertz CT molecular complexity index is 1170. The Morgan fingerprint density at radius 3 is 2.55 bits per heavy atom. The van der Waals surface area contributed by atoms with Crippen LogP contribution < -0.4 is 15.9 Å². The predicted octanol–water partition coefficient (Wildman–Crippen LogP) is 4.00. The number of carbonyl (C=O) groups is 1. The zero-order valence-electron chi connectivity index (χ0n) is 19.9. The van der Waals surface area contributed by atoms with Gasteiger partial charge in [-0.05, 0) is 70.5 Å². The van der Waals surface area contributed by atoms with Crippen molar-refractivity contribution in [1.82, 2.24) is 19.8 Å². The summed E-state index contributed by atoms with van der Waals surface area (Å²) in [5.74, 6) is 6.39. The summed E-state index contributed by atoms with van der Waals surface area (Å²) < 4.78 is 7.35. The molecule has 0 aliphatic heterocycles. The van der Waals surface area contributed by atoms with E-state index in [0.29, 0.717) is 22.8 Å². The van der Waals surface area contributed by atoms with E-state index in [1.807, 2.05) is 43.8 Å². The van der Waals surface area contributed by atoms with Crippen LogP contribution in [0.25, 0.3) is 11.3 Å². The van der Waals surface area contributed by atoms with Gasteiger partial charge in [-0.2, -0.15) is 5.10 Å². The van der Waals surface area contributed by atoms with Gasteiger partial charge in [-0.1, -0.05) is 6.07 Å². The third-order valence-corrected chi connectivity index (χ3v) is 5.25. The Balaban J connectivity index is 1.92. The van der Waals surface area contributed by atoms with E-state index in [9.17, 15) is 4.79 Å². The summed E-state index contributed by atoms with van der Waals surface area (Å²) in [7, 11) is 1.53. The van der Waals surface area contributed by atoms with E-state index in [0.717, 1.165) is 16.8 Å². The normalized spacial score (nSPS) is 11.1. The maximum Gasteiger partial charge on any atom is 0.260 e. The highest BCUT2D eigenvalue weighted by Crippen LogP contribution is 2.30. The molecule has 0 bridgehead atoms.